The third-order valence-electron chi connectivity index (χ3n) is 2.33. The molecule has 0 saturated heterocycles. The first kappa shape index (κ1) is 12.2. The van der Waals surface area contributed by atoms with Crippen molar-refractivity contribution >= 4 is 23.1 Å². The van der Waals surface area contributed by atoms with Crippen LogP contribution in [0.4, 0.5) is 5.69 Å². The van der Waals surface area contributed by atoms with Gasteiger partial charge in [-0.2, -0.15) is 0 Å². The lowest BCUT2D eigenvalue weighted by Gasteiger charge is -2.00. The summed E-state index contributed by atoms with van der Waals surface area (Å²) in [5.41, 5.74) is 0.693. The number of non-ortho nitro benzene ring substituents is 1. The molecular formula is C12H7ClN2O3. The second-order valence-corrected chi connectivity index (χ2v) is 3.89. The van der Waals surface area contributed by atoms with Gasteiger partial charge < -0.3 is 0 Å². The Kier molecular flexibility index (Phi) is 3.34. The number of benzene rings is 1. The Labute approximate surface area is 107 Å². The van der Waals surface area contributed by atoms with Gasteiger partial charge in [0.25, 0.3) is 5.69 Å². The maximum Gasteiger partial charge on any atom is 0.269 e. The van der Waals surface area contributed by atoms with E-state index in [0.29, 0.717) is 16.3 Å². The van der Waals surface area contributed by atoms with E-state index in [2.05, 4.69) is 4.98 Å². The Morgan fingerprint density at radius 1 is 1.11 bits per heavy atom. The molecule has 0 spiro atoms. The van der Waals surface area contributed by atoms with Gasteiger partial charge in [0.1, 0.15) is 5.15 Å². The summed E-state index contributed by atoms with van der Waals surface area (Å²) in [6, 6.07) is 8.47. The Morgan fingerprint density at radius 2 is 1.72 bits per heavy atom. The quantitative estimate of drug-likeness (QED) is 0.369. The Morgan fingerprint density at radius 3 is 2.22 bits per heavy atom. The maximum absolute atomic E-state index is 12.0. The van der Waals surface area contributed by atoms with Crippen molar-refractivity contribution in [3.63, 3.8) is 0 Å². The van der Waals surface area contributed by atoms with Gasteiger partial charge in [-0.15, -0.1) is 0 Å². The molecule has 0 radical (unpaired) electrons. The molecule has 1 aromatic carbocycles. The van der Waals surface area contributed by atoms with Crippen LogP contribution in [0.3, 0.4) is 0 Å². The fourth-order valence-electron chi connectivity index (χ4n) is 1.41. The Hall–Kier alpha value is -2.27. The minimum Gasteiger partial charge on any atom is -0.289 e. The van der Waals surface area contributed by atoms with Gasteiger partial charge in [0.2, 0.25) is 0 Å². The van der Waals surface area contributed by atoms with Crippen molar-refractivity contribution in [3.05, 3.63) is 69.0 Å². The van der Waals surface area contributed by atoms with Gasteiger partial charge in [0.05, 0.1) is 4.92 Å². The van der Waals surface area contributed by atoms with E-state index in [1.54, 1.807) is 6.07 Å². The minimum atomic E-state index is -0.516. The van der Waals surface area contributed by atoms with Gasteiger partial charge in [0, 0.05) is 29.5 Å². The lowest BCUT2D eigenvalue weighted by molar-refractivity contribution is -0.384. The third-order valence-corrected chi connectivity index (χ3v) is 2.55. The van der Waals surface area contributed by atoms with Gasteiger partial charge in [-0.1, -0.05) is 11.6 Å². The van der Waals surface area contributed by atoms with Crippen LogP contribution in [0.25, 0.3) is 0 Å². The van der Waals surface area contributed by atoms with E-state index >= 15 is 0 Å². The fraction of sp³-hybridized carbons (Fsp3) is 0. The standard InChI is InChI=1S/C12H7ClN2O3/c13-11-6-3-9(7-14-11)12(16)8-1-4-10(5-2-8)15(17)18/h1-7H. The number of pyridine rings is 1. The van der Waals surface area contributed by atoms with Crippen molar-refractivity contribution < 1.29 is 9.72 Å². The van der Waals surface area contributed by atoms with Crippen molar-refractivity contribution in [1.29, 1.82) is 0 Å². The molecule has 0 aliphatic heterocycles. The summed E-state index contributed by atoms with van der Waals surface area (Å²) in [5.74, 6) is -0.255. The number of nitro groups is 1. The molecule has 0 fully saturated rings. The number of nitro benzene ring substituents is 1. The first-order chi connectivity index (χ1) is 8.58. The number of halogens is 1. The first-order valence-electron chi connectivity index (χ1n) is 4.98. The molecule has 90 valence electrons. The Balaban J connectivity index is 2.28. The normalized spacial score (nSPS) is 10.1. The van der Waals surface area contributed by atoms with Crippen LogP contribution in [0, 0.1) is 10.1 Å². The van der Waals surface area contributed by atoms with Crippen LogP contribution in [0.1, 0.15) is 15.9 Å². The summed E-state index contributed by atoms with van der Waals surface area (Å²) in [6.07, 6.45) is 1.37. The molecule has 1 aromatic heterocycles. The maximum atomic E-state index is 12.0. The molecule has 2 rings (SSSR count). The monoisotopic (exact) mass is 262 g/mol. The van der Waals surface area contributed by atoms with Crippen LogP contribution in [-0.2, 0) is 0 Å². The SMILES string of the molecule is O=C(c1ccc([N+](=O)[O-])cc1)c1ccc(Cl)nc1. The molecule has 0 aliphatic carbocycles. The van der Waals surface area contributed by atoms with Crippen LogP contribution in [-0.4, -0.2) is 15.7 Å². The fourth-order valence-corrected chi connectivity index (χ4v) is 1.52. The average molecular weight is 263 g/mol. The molecule has 0 atom stereocenters. The number of hydrogen-bond acceptors (Lipinski definition) is 4. The van der Waals surface area contributed by atoms with Crippen LogP contribution < -0.4 is 0 Å². The summed E-state index contributed by atoms with van der Waals surface area (Å²) in [4.78, 5) is 25.8. The predicted octanol–water partition coefficient (Wildman–Crippen LogP) is 2.87. The summed E-state index contributed by atoms with van der Waals surface area (Å²) < 4.78 is 0. The smallest absolute Gasteiger partial charge is 0.269 e. The molecule has 18 heavy (non-hydrogen) atoms. The van der Waals surface area contributed by atoms with Gasteiger partial charge in [-0.3, -0.25) is 14.9 Å². The van der Waals surface area contributed by atoms with Crippen LogP contribution in [0.2, 0.25) is 5.15 Å². The molecule has 0 N–H and O–H groups in total. The summed E-state index contributed by atoms with van der Waals surface area (Å²) in [7, 11) is 0. The number of ketones is 1. The molecule has 0 unspecified atom stereocenters. The number of carbonyl (C=O) groups is 1. The highest BCUT2D eigenvalue weighted by molar-refractivity contribution is 6.29. The highest BCUT2D eigenvalue weighted by Gasteiger charge is 2.11. The van der Waals surface area contributed by atoms with Crippen molar-refractivity contribution in [2.24, 2.45) is 0 Å². The highest BCUT2D eigenvalue weighted by Crippen LogP contribution is 2.15. The molecule has 0 aliphatic rings. The van der Waals surface area contributed by atoms with E-state index in [-0.39, 0.29) is 11.5 Å². The number of aromatic nitrogens is 1. The zero-order valence-corrected chi connectivity index (χ0v) is 9.79. The minimum absolute atomic E-state index is 0.0548. The second kappa shape index (κ2) is 4.93. The topological polar surface area (TPSA) is 73.1 Å². The van der Waals surface area contributed by atoms with E-state index in [1.807, 2.05) is 0 Å². The lowest BCUT2D eigenvalue weighted by atomic mass is 10.1. The number of hydrogen-bond donors (Lipinski definition) is 0. The van der Waals surface area contributed by atoms with E-state index < -0.39 is 4.92 Å². The molecule has 0 saturated carbocycles. The first-order valence-corrected chi connectivity index (χ1v) is 5.36. The van der Waals surface area contributed by atoms with Crippen molar-refractivity contribution in [3.8, 4) is 0 Å². The number of rotatable bonds is 3. The second-order valence-electron chi connectivity index (χ2n) is 3.50. The third kappa shape index (κ3) is 2.52. The molecule has 0 amide bonds. The number of carbonyl (C=O) groups excluding carboxylic acids is 1. The number of nitrogens with zero attached hydrogens (tertiary/aromatic N) is 2. The molecule has 6 heteroatoms. The lowest BCUT2D eigenvalue weighted by Crippen LogP contribution is -2.01. The zero-order valence-electron chi connectivity index (χ0n) is 9.04. The summed E-state index contributed by atoms with van der Waals surface area (Å²) >= 11 is 5.62. The van der Waals surface area contributed by atoms with Crippen LogP contribution in [0.5, 0.6) is 0 Å². The van der Waals surface area contributed by atoms with E-state index in [9.17, 15) is 14.9 Å². The molecule has 2 aromatic rings. The van der Waals surface area contributed by atoms with Crippen molar-refractivity contribution in [2.45, 2.75) is 0 Å². The summed E-state index contributed by atoms with van der Waals surface area (Å²) in [6.45, 7) is 0. The van der Waals surface area contributed by atoms with Gasteiger partial charge in [0.15, 0.2) is 5.78 Å². The zero-order chi connectivity index (χ0) is 13.1. The molecular weight excluding hydrogens is 256 g/mol. The van der Waals surface area contributed by atoms with E-state index in [4.69, 9.17) is 11.6 Å². The van der Waals surface area contributed by atoms with Gasteiger partial charge in [-0.05, 0) is 24.3 Å². The highest BCUT2D eigenvalue weighted by atomic mass is 35.5. The molecule has 5 nitrogen and oxygen atoms in total. The van der Waals surface area contributed by atoms with E-state index in [0.717, 1.165) is 0 Å². The predicted molar refractivity (Wildman–Crippen MR) is 65.8 cm³/mol. The molecule has 1 heterocycles. The largest absolute Gasteiger partial charge is 0.289 e. The average Bonchev–Trinajstić information content (AvgIpc) is 2.39. The van der Waals surface area contributed by atoms with Crippen molar-refractivity contribution in [1.82, 2.24) is 4.98 Å². The van der Waals surface area contributed by atoms with Crippen LogP contribution in [0.15, 0.2) is 42.6 Å². The Bertz CT molecular complexity index is 594. The molecule has 0 bridgehead atoms. The van der Waals surface area contributed by atoms with Crippen LogP contribution >= 0.6 is 11.6 Å². The van der Waals surface area contributed by atoms with Crippen molar-refractivity contribution in [2.75, 3.05) is 0 Å². The van der Waals surface area contributed by atoms with Gasteiger partial charge in [-0.25, -0.2) is 4.98 Å². The van der Waals surface area contributed by atoms with E-state index in [1.165, 1.54) is 36.5 Å². The summed E-state index contributed by atoms with van der Waals surface area (Å²) in [5, 5.41) is 10.8. The van der Waals surface area contributed by atoms with Gasteiger partial charge >= 0.3 is 0 Å².